The van der Waals surface area contributed by atoms with Crippen molar-refractivity contribution in [3.05, 3.63) is 35.1 Å². The molecular formula is C16H26FIN4O2. The van der Waals surface area contributed by atoms with Crippen LogP contribution in [-0.4, -0.2) is 36.1 Å². The van der Waals surface area contributed by atoms with E-state index in [0.29, 0.717) is 12.5 Å². The average Bonchev–Trinajstić information content (AvgIpc) is 2.47. The second-order valence-corrected chi connectivity index (χ2v) is 6.16. The molecule has 0 heterocycles. The summed E-state index contributed by atoms with van der Waals surface area (Å²) in [5, 5.41) is 17.8. The molecule has 0 fully saturated rings. The summed E-state index contributed by atoms with van der Waals surface area (Å²) >= 11 is 0. The molecule has 0 aromatic heterocycles. The summed E-state index contributed by atoms with van der Waals surface area (Å²) in [6.07, 6.45) is 0. The molecule has 0 radical (unpaired) electrons. The molecule has 0 aliphatic carbocycles. The quantitative estimate of drug-likeness (QED) is 0.310. The molecule has 8 heteroatoms. The Morgan fingerprint density at radius 3 is 2.50 bits per heavy atom. The van der Waals surface area contributed by atoms with Crippen LogP contribution in [0.25, 0.3) is 0 Å². The van der Waals surface area contributed by atoms with Gasteiger partial charge in [0.05, 0.1) is 13.2 Å². The maximum Gasteiger partial charge on any atom is 0.239 e. The largest absolute Gasteiger partial charge is 0.392 e. The number of aliphatic hydroxyl groups excluding tert-OH is 1. The standard InChI is InChI=1S/C16H25FN4O2.HI/c1-16(2,3)21-14(23)9-20-15(18-4)19-8-11-5-6-13(17)12(7-11)10-22;/h5-7,22H,8-10H2,1-4H3,(H,21,23)(H2,18,19,20);1H. The zero-order valence-electron chi connectivity index (χ0n) is 14.4. The van der Waals surface area contributed by atoms with Gasteiger partial charge in [-0.1, -0.05) is 6.07 Å². The summed E-state index contributed by atoms with van der Waals surface area (Å²) in [7, 11) is 1.60. The Morgan fingerprint density at radius 1 is 1.29 bits per heavy atom. The van der Waals surface area contributed by atoms with E-state index < -0.39 is 5.82 Å². The molecule has 0 unspecified atom stereocenters. The number of nitrogens with zero attached hydrogens (tertiary/aromatic N) is 1. The van der Waals surface area contributed by atoms with E-state index in [1.165, 1.54) is 6.07 Å². The van der Waals surface area contributed by atoms with E-state index >= 15 is 0 Å². The van der Waals surface area contributed by atoms with Gasteiger partial charge < -0.3 is 21.1 Å². The fraction of sp³-hybridized carbons (Fsp3) is 0.500. The first-order valence-electron chi connectivity index (χ1n) is 7.39. The number of aliphatic hydroxyl groups is 1. The van der Waals surface area contributed by atoms with Gasteiger partial charge in [-0.15, -0.1) is 24.0 Å². The molecule has 1 aromatic carbocycles. The van der Waals surface area contributed by atoms with Crippen molar-refractivity contribution in [2.45, 2.75) is 39.5 Å². The second kappa shape index (κ2) is 10.4. The highest BCUT2D eigenvalue weighted by Crippen LogP contribution is 2.10. The summed E-state index contributed by atoms with van der Waals surface area (Å²) < 4.78 is 13.3. The minimum Gasteiger partial charge on any atom is -0.392 e. The van der Waals surface area contributed by atoms with E-state index in [1.807, 2.05) is 20.8 Å². The van der Waals surface area contributed by atoms with Crippen molar-refractivity contribution < 1.29 is 14.3 Å². The number of aliphatic imine (C=N–C) groups is 1. The van der Waals surface area contributed by atoms with Crippen molar-refractivity contribution in [3.63, 3.8) is 0 Å². The molecule has 0 saturated heterocycles. The Morgan fingerprint density at radius 2 is 1.96 bits per heavy atom. The number of hydrogen-bond acceptors (Lipinski definition) is 3. The number of guanidine groups is 1. The molecule has 0 aliphatic rings. The number of carbonyl (C=O) groups excluding carboxylic acids is 1. The molecule has 0 bridgehead atoms. The average molecular weight is 452 g/mol. The van der Waals surface area contributed by atoms with Gasteiger partial charge in [-0.3, -0.25) is 9.79 Å². The van der Waals surface area contributed by atoms with Gasteiger partial charge in [-0.05, 0) is 38.5 Å². The topological polar surface area (TPSA) is 85.8 Å². The summed E-state index contributed by atoms with van der Waals surface area (Å²) in [5.41, 5.74) is 0.763. The SMILES string of the molecule is CN=C(NCC(=O)NC(C)(C)C)NCc1ccc(F)c(CO)c1.I. The lowest BCUT2D eigenvalue weighted by Gasteiger charge is -2.21. The van der Waals surface area contributed by atoms with E-state index in [0.717, 1.165) is 5.56 Å². The summed E-state index contributed by atoms with van der Waals surface area (Å²) in [5.74, 6) is -0.105. The van der Waals surface area contributed by atoms with Crippen molar-refractivity contribution in [1.29, 1.82) is 0 Å². The first kappa shape index (κ1) is 22.6. The molecule has 6 nitrogen and oxygen atoms in total. The minimum atomic E-state index is -0.433. The highest BCUT2D eigenvalue weighted by atomic mass is 127. The third-order valence-corrected chi connectivity index (χ3v) is 2.89. The lowest BCUT2D eigenvalue weighted by molar-refractivity contribution is -0.121. The predicted octanol–water partition coefficient (Wildman–Crippen LogP) is 1.52. The molecule has 0 aliphatic heterocycles. The number of benzene rings is 1. The molecule has 0 saturated carbocycles. The molecule has 24 heavy (non-hydrogen) atoms. The molecule has 4 N–H and O–H groups in total. The van der Waals surface area contributed by atoms with E-state index in [4.69, 9.17) is 5.11 Å². The van der Waals surface area contributed by atoms with Crippen LogP contribution in [0, 0.1) is 5.82 Å². The number of carbonyl (C=O) groups is 1. The first-order chi connectivity index (χ1) is 10.7. The zero-order chi connectivity index (χ0) is 17.5. The van der Waals surface area contributed by atoms with Gasteiger partial charge in [-0.2, -0.15) is 0 Å². The molecule has 0 spiro atoms. The van der Waals surface area contributed by atoms with Gasteiger partial charge in [0.1, 0.15) is 5.82 Å². The van der Waals surface area contributed by atoms with Crippen LogP contribution in [0.1, 0.15) is 31.9 Å². The van der Waals surface area contributed by atoms with Crippen LogP contribution in [0.5, 0.6) is 0 Å². The summed E-state index contributed by atoms with van der Waals surface area (Å²) in [4.78, 5) is 15.8. The van der Waals surface area contributed by atoms with Crippen LogP contribution in [0.4, 0.5) is 4.39 Å². The monoisotopic (exact) mass is 452 g/mol. The molecule has 136 valence electrons. The Hall–Kier alpha value is -1.42. The fourth-order valence-electron chi connectivity index (χ4n) is 1.89. The van der Waals surface area contributed by atoms with Crippen LogP contribution in [0.15, 0.2) is 23.2 Å². The predicted molar refractivity (Wildman–Crippen MR) is 104 cm³/mol. The van der Waals surface area contributed by atoms with Gasteiger partial charge in [0.25, 0.3) is 0 Å². The number of amides is 1. The second-order valence-electron chi connectivity index (χ2n) is 6.16. The Balaban J connectivity index is 0.00000529. The number of nitrogens with one attached hydrogen (secondary N) is 3. The first-order valence-corrected chi connectivity index (χ1v) is 7.39. The third-order valence-electron chi connectivity index (χ3n) is 2.89. The van der Waals surface area contributed by atoms with Crippen molar-refractivity contribution >= 4 is 35.8 Å². The zero-order valence-corrected chi connectivity index (χ0v) is 16.8. The van der Waals surface area contributed by atoms with Crippen LogP contribution in [0.2, 0.25) is 0 Å². The molecule has 1 amide bonds. The molecule has 1 aromatic rings. The fourth-order valence-corrected chi connectivity index (χ4v) is 1.89. The highest BCUT2D eigenvalue weighted by Gasteiger charge is 2.13. The van der Waals surface area contributed by atoms with Crippen LogP contribution in [0.3, 0.4) is 0 Å². The van der Waals surface area contributed by atoms with Gasteiger partial charge >= 0.3 is 0 Å². The van der Waals surface area contributed by atoms with E-state index in [-0.39, 0.29) is 54.1 Å². The molecular weight excluding hydrogens is 426 g/mol. The Bertz CT molecular complexity index is 574. The Labute approximate surface area is 159 Å². The van der Waals surface area contributed by atoms with Crippen molar-refractivity contribution in [2.24, 2.45) is 4.99 Å². The lowest BCUT2D eigenvalue weighted by atomic mass is 10.1. The number of rotatable bonds is 5. The molecule has 1 rings (SSSR count). The van der Waals surface area contributed by atoms with Gasteiger partial charge in [0, 0.05) is 24.7 Å². The van der Waals surface area contributed by atoms with Crippen molar-refractivity contribution in [1.82, 2.24) is 16.0 Å². The van der Waals surface area contributed by atoms with E-state index in [9.17, 15) is 9.18 Å². The normalized spacial score (nSPS) is 11.5. The van der Waals surface area contributed by atoms with Crippen molar-refractivity contribution in [3.8, 4) is 0 Å². The molecule has 0 atom stereocenters. The third kappa shape index (κ3) is 8.44. The van der Waals surface area contributed by atoms with Crippen LogP contribution < -0.4 is 16.0 Å². The van der Waals surface area contributed by atoms with Gasteiger partial charge in [0.15, 0.2) is 5.96 Å². The van der Waals surface area contributed by atoms with E-state index in [1.54, 1.807) is 19.2 Å². The summed E-state index contributed by atoms with van der Waals surface area (Å²) in [6, 6.07) is 4.53. The van der Waals surface area contributed by atoms with Crippen molar-refractivity contribution in [2.75, 3.05) is 13.6 Å². The minimum absolute atomic E-state index is 0. The number of halogens is 2. The van der Waals surface area contributed by atoms with E-state index in [2.05, 4.69) is 20.9 Å². The summed E-state index contributed by atoms with van der Waals surface area (Å²) in [6.45, 7) is 5.87. The maximum absolute atomic E-state index is 13.3. The number of hydrogen-bond donors (Lipinski definition) is 4. The van der Waals surface area contributed by atoms with Gasteiger partial charge in [0.2, 0.25) is 5.91 Å². The van der Waals surface area contributed by atoms with Crippen LogP contribution >= 0.6 is 24.0 Å². The maximum atomic E-state index is 13.3. The smallest absolute Gasteiger partial charge is 0.239 e. The van der Waals surface area contributed by atoms with Crippen LogP contribution in [-0.2, 0) is 17.9 Å². The Kier molecular flexibility index (Phi) is 9.83. The highest BCUT2D eigenvalue weighted by molar-refractivity contribution is 14.0. The van der Waals surface area contributed by atoms with Gasteiger partial charge in [-0.25, -0.2) is 4.39 Å². The lowest BCUT2D eigenvalue weighted by Crippen LogP contribution is -2.48.